The molecule has 2 N–H and O–H groups in total. The molecule has 9 nitrogen and oxygen atoms in total. The summed E-state index contributed by atoms with van der Waals surface area (Å²) in [7, 11) is 4.03. The molecule has 2 bridgehead atoms. The number of carbonyl (C=O) groups excluding carboxylic acids is 1. The predicted molar refractivity (Wildman–Crippen MR) is 146 cm³/mol. The van der Waals surface area contributed by atoms with Gasteiger partial charge in [-0.3, -0.25) is 14.6 Å². The van der Waals surface area contributed by atoms with E-state index >= 15 is 0 Å². The van der Waals surface area contributed by atoms with Crippen molar-refractivity contribution in [2.24, 2.45) is 0 Å². The summed E-state index contributed by atoms with van der Waals surface area (Å²) < 4.78 is 0. The highest BCUT2D eigenvalue weighted by molar-refractivity contribution is 6.40. The Kier molecular flexibility index (Phi) is 6.11. The molecule has 3 saturated heterocycles. The van der Waals surface area contributed by atoms with Crippen LogP contribution in [-0.2, 0) is 6.61 Å². The SMILES string of the molecule is CN1CN(c2c(Cl)cccc2Cl)C(=O)c2cnc(Nc3ccc(N4CC5CC(C4)N5C)c(CO)c3)nc21. The van der Waals surface area contributed by atoms with E-state index in [0.29, 0.717) is 45.1 Å². The topological polar surface area (TPSA) is 88.1 Å². The van der Waals surface area contributed by atoms with Gasteiger partial charge in [0.2, 0.25) is 5.95 Å². The van der Waals surface area contributed by atoms with E-state index in [0.717, 1.165) is 30.0 Å². The summed E-state index contributed by atoms with van der Waals surface area (Å²) in [5.74, 6) is 0.601. The normalized spacial score (nSPS) is 21.1. The highest BCUT2D eigenvalue weighted by atomic mass is 35.5. The zero-order chi connectivity index (χ0) is 25.8. The highest BCUT2D eigenvalue weighted by Gasteiger charge is 2.42. The lowest BCUT2D eigenvalue weighted by Gasteiger charge is -2.55. The number of para-hydroxylation sites is 1. The fraction of sp³-hybridized carbons (Fsp3) is 0.346. The van der Waals surface area contributed by atoms with Crippen molar-refractivity contribution in [1.82, 2.24) is 14.9 Å². The number of piperazine rings is 1. The minimum atomic E-state index is -0.271. The number of amides is 1. The fourth-order valence-electron chi connectivity index (χ4n) is 5.50. The van der Waals surface area contributed by atoms with Gasteiger partial charge in [0.05, 0.1) is 29.0 Å². The van der Waals surface area contributed by atoms with Crippen molar-refractivity contribution in [3.05, 3.63) is 63.8 Å². The number of anilines is 5. The predicted octanol–water partition coefficient (Wildman–Crippen LogP) is 3.97. The van der Waals surface area contributed by atoms with Crippen molar-refractivity contribution >= 4 is 57.9 Å². The Morgan fingerprint density at radius 1 is 1.11 bits per heavy atom. The van der Waals surface area contributed by atoms with Crippen LogP contribution in [0.4, 0.5) is 28.8 Å². The van der Waals surface area contributed by atoms with Crippen molar-refractivity contribution in [2.45, 2.75) is 25.1 Å². The molecule has 11 heteroatoms. The van der Waals surface area contributed by atoms with Crippen molar-refractivity contribution in [3.63, 3.8) is 0 Å². The molecule has 7 rings (SSSR count). The number of carbonyl (C=O) groups is 1. The number of nitrogens with zero attached hydrogens (tertiary/aromatic N) is 6. The van der Waals surface area contributed by atoms with E-state index in [1.165, 1.54) is 17.5 Å². The smallest absolute Gasteiger partial charge is 0.265 e. The van der Waals surface area contributed by atoms with Crippen LogP contribution in [0.25, 0.3) is 0 Å². The Balaban J connectivity index is 1.23. The van der Waals surface area contributed by atoms with Crippen LogP contribution in [0.15, 0.2) is 42.6 Å². The summed E-state index contributed by atoms with van der Waals surface area (Å²) in [6, 6.07) is 12.2. The number of fused-ring (bicyclic) bond motifs is 3. The molecule has 4 aliphatic heterocycles. The second-order valence-electron chi connectivity index (χ2n) is 9.81. The number of benzene rings is 2. The van der Waals surface area contributed by atoms with Crippen molar-refractivity contribution in [1.29, 1.82) is 0 Å². The van der Waals surface area contributed by atoms with Gasteiger partial charge in [0, 0.05) is 55.4 Å². The van der Waals surface area contributed by atoms with E-state index in [9.17, 15) is 9.90 Å². The van der Waals surface area contributed by atoms with E-state index < -0.39 is 0 Å². The first-order valence-electron chi connectivity index (χ1n) is 12.2. The molecule has 3 fully saturated rings. The van der Waals surface area contributed by atoms with Crippen LogP contribution in [0.2, 0.25) is 10.0 Å². The Bertz CT molecular complexity index is 1350. The average molecular weight is 540 g/mol. The Labute approximate surface area is 225 Å². The first-order valence-corrected chi connectivity index (χ1v) is 12.9. The van der Waals surface area contributed by atoms with E-state index in [1.54, 1.807) is 18.2 Å². The number of rotatable bonds is 5. The molecule has 0 radical (unpaired) electrons. The number of hydrogen-bond acceptors (Lipinski definition) is 8. The fourth-order valence-corrected chi connectivity index (χ4v) is 6.11. The minimum absolute atomic E-state index is 0.0603. The van der Waals surface area contributed by atoms with Crippen LogP contribution in [0, 0.1) is 0 Å². The first kappa shape index (κ1) is 24.2. The third-order valence-corrected chi connectivity index (χ3v) is 8.18. The van der Waals surface area contributed by atoms with Gasteiger partial charge in [0.15, 0.2) is 0 Å². The molecule has 192 valence electrons. The third-order valence-electron chi connectivity index (χ3n) is 7.57. The quantitative estimate of drug-likeness (QED) is 0.503. The molecule has 0 aliphatic carbocycles. The lowest BCUT2D eigenvalue weighted by molar-refractivity contribution is 0.0262. The number of halogens is 2. The van der Waals surface area contributed by atoms with Gasteiger partial charge in [-0.15, -0.1) is 0 Å². The second-order valence-corrected chi connectivity index (χ2v) is 10.6. The number of nitrogens with one attached hydrogen (secondary N) is 1. The number of likely N-dealkylation sites (N-methyl/N-ethyl adjacent to an activating group) is 1. The van der Waals surface area contributed by atoms with Crippen molar-refractivity contribution < 1.29 is 9.90 Å². The number of aliphatic hydroxyl groups excluding tert-OH is 1. The molecular formula is C26H27Cl2N7O2. The zero-order valence-electron chi connectivity index (χ0n) is 20.5. The molecule has 0 saturated carbocycles. The first-order chi connectivity index (χ1) is 17.8. The standard InChI is InChI=1S/C26H27Cl2N7O2/c1-32-14-35(23-20(27)4-3-5-21(23)28)25(37)19-10-29-26(31-24(19)32)30-16-6-7-22(15(8-16)13-36)34-11-17-9-18(12-34)33(17)2/h3-8,10,17-18,36H,9,11-14H2,1-2H3,(H,29,30,31). The third kappa shape index (κ3) is 4.16. The Morgan fingerprint density at radius 3 is 2.51 bits per heavy atom. The molecule has 2 atom stereocenters. The summed E-state index contributed by atoms with van der Waals surface area (Å²) in [4.78, 5) is 30.5. The van der Waals surface area contributed by atoms with Crippen LogP contribution in [-0.4, -0.2) is 71.8 Å². The van der Waals surface area contributed by atoms with Crippen molar-refractivity contribution in [2.75, 3.05) is 53.9 Å². The van der Waals surface area contributed by atoms with Crippen molar-refractivity contribution in [3.8, 4) is 0 Å². The second kappa shape index (κ2) is 9.33. The monoisotopic (exact) mass is 539 g/mol. The largest absolute Gasteiger partial charge is 0.392 e. The molecule has 3 aromatic rings. The average Bonchev–Trinajstić information content (AvgIpc) is 2.91. The summed E-state index contributed by atoms with van der Waals surface area (Å²) in [6.45, 7) is 2.12. The van der Waals surface area contributed by atoms with Crippen LogP contribution in [0.5, 0.6) is 0 Å². The molecular weight excluding hydrogens is 513 g/mol. The van der Waals surface area contributed by atoms with E-state index in [1.807, 2.05) is 30.1 Å². The summed E-state index contributed by atoms with van der Waals surface area (Å²) >= 11 is 12.7. The van der Waals surface area contributed by atoms with Gasteiger partial charge in [-0.05, 0) is 43.8 Å². The van der Waals surface area contributed by atoms with Gasteiger partial charge in [-0.1, -0.05) is 29.3 Å². The van der Waals surface area contributed by atoms with Gasteiger partial charge in [0.25, 0.3) is 5.91 Å². The Hall–Kier alpha value is -3.11. The Morgan fingerprint density at radius 2 is 1.84 bits per heavy atom. The number of piperidine rings is 1. The summed E-state index contributed by atoms with van der Waals surface area (Å²) in [5.41, 5.74) is 3.50. The van der Waals surface area contributed by atoms with Crippen LogP contribution < -0.4 is 20.0 Å². The lowest BCUT2D eigenvalue weighted by atomic mass is 9.88. The van der Waals surface area contributed by atoms with Crippen LogP contribution in [0.3, 0.4) is 0 Å². The van der Waals surface area contributed by atoms with Gasteiger partial charge in [-0.2, -0.15) is 4.98 Å². The number of aromatic nitrogens is 2. The summed E-state index contributed by atoms with van der Waals surface area (Å²) in [5, 5.41) is 14.1. The van der Waals surface area contributed by atoms with Gasteiger partial charge < -0.3 is 20.2 Å². The zero-order valence-corrected chi connectivity index (χ0v) is 22.0. The highest BCUT2D eigenvalue weighted by Crippen LogP contribution is 2.38. The van der Waals surface area contributed by atoms with E-state index in [-0.39, 0.29) is 19.2 Å². The van der Waals surface area contributed by atoms with Gasteiger partial charge in [0.1, 0.15) is 11.4 Å². The molecule has 4 aliphatic rings. The van der Waals surface area contributed by atoms with Crippen LogP contribution in [0.1, 0.15) is 22.3 Å². The maximum absolute atomic E-state index is 13.3. The summed E-state index contributed by atoms with van der Waals surface area (Å²) in [6.07, 6.45) is 2.76. The molecule has 2 aromatic carbocycles. The van der Waals surface area contributed by atoms with Crippen LogP contribution >= 0.6 is 23.2 Å². The molecule has 2 unspecified atom stereocenters. The maximum atomic E-state index is 13.3. The molecule has 5 heterocycles. The number of aliphatic hydroxyl groups is 1. The van der Waals surface area contributed by atoms with Gasteiger partial charge >= 0.3 is 0 Å². The number of hydrogen-bond donors (Lipinski definition) is 2. The lowest BCUT2D eigenvalue weighted by Crippen LogP contribution is -2.67. The minimum Gasteiger partial charge on any atom is -0.392 e. The molecule has 1 aromatic heterocycles. The molecule has 0 spiro atoms. The molecule has 1 amide bonds. The van der Waals surface area contributed by atoms with E-state index in [4.69, 9.17) is 23.2 Å². The van der Waals surface area contributed by atoms with E-state index in [2.05, 4.69) is 32.1 Å². The van der Waals surface area contributed by atoms with Gasteiger partial charge in [-0.25, -0.2) is 4.98 Å². The molecule has 37 heavy (non-hydrogen) atoms. The maximum Gasteiger partial charge on any atom is 0.265 e.